The lowest BCUT2D eigenvalue weighted by atomic mass is 9.93. The molecule has 1 aliphatic rings. The van der Waals surface area contributed by atoms with Gasteiger partial charge in [-0.2, -0.15) is 0 Å². The summed E-state index contributed by atoms with van der Waals surface area (Å²) in [5.41, 5.74) is 0.465. The summed E-state index contributed by atoms with van der Waals surface area (Å²) in [5, 5.41) is 3.17. The fourth-order valence-corrected chi connectivity index (χ4v) is 2.30. The van der Waals surface area contributed by atoms with Gasteiger partial charge in [0.1, 0.15) is 6.33 Å². The van der Waals surface area contributed by atoms with Crippen molar-refractivity contribution in [1.29, 1.82) is 0 Å². The number of aromatic nitrogens is 2. The molecule has 1 aromatic heterocycles. The number of aryl methyl sites for hydroxylation is 1. The smallest absolute Gasteiger partial charge is 0.186 e. The van der Waals surface area contributed by atoms with Crippen molar-refractivity contribution < 1.29 is 9.13 Å². The number of rotatable bonds is 4. The highest BCUT2D eigenvalue weighted by Crippen LogP contribution is 2.22. The summed E-state index contributed by atoms with van der Waals surface area (Å²) < 4.78 is 19.3. The van der Waals surface area contributed by atoms with Gasteiger partial charge in [-0.05, 0) is 32.1 Å². The van der Waals surface area contributed by atoms with Gasteiger partial charge in [-0.1, -0.05) is 6.92 Å². The van der Waals surface area contributed by atoms with Crippen LogP contribution in [0.4, 0.5) is 10.2 Å². The van der Waals surface area contributed by atoms with Crippen LogP contribution in [-0.2, 0) is 11.2 Å². The zero-order chi connectivity index (χ0) is 13.0. The monoisotopic (exact) mass is 253 g/mol. The van der Waals surface area contributed by atoms with Crippen LogP contribution in [0.15, 0.2) is 6.33 Å². The Morgan fingerprint density at radius 1 is 1.44 bits per heavy atom. The van der Waals surface area contributed by atoms with Gasteiger partial charge in [-0.15, -0.1) is 0 Å². The Kier molecular flexibility index (Phi) is 4.47. The third kappa shape index (κ3) is 2.96. The third-order valence-corrected chi connectivity index (χ3v) is 3.53. The Morgan fingerprint density at radius 2 is 2.17 bits per heavy atom. The van der Waals surface area contributed by atoms with Crippen molar-refractivity contribution in [2.45, 2.75) is 39.2 Å². The maximum Gasteiger partial charge on any atom is 0.186 e. The van der Waals surface area contributed by atoms with Crippen molar-refractivity contribution >= 4 is 5.82 Å². The number of nitrogens with one attached hydrogen (secondary N) is 1. The van der Waals surface area contributed by atoms with E-state index in [9.17, 15) is 4.39 Å². The molecule has 18 heavy (non-hydrogen) atoms. The molecule has 0 amide bonds. The lowest BCUT2D eigenvalue weighted by Crippen LogP contribution is -2.31. The van der Waals surface area contributed by atoms with Crippen molar-refractivity contribution in [1.82, 2.24) is 9.97 Å². The molecular weight excluding hydrogens is 233 g/mol. The summed E-state index contributed by atoms with van der Waals surface area (Å²) in [6.07, 6.45) is 4.03. The predicted molar refractivity (Wildman–Crippen MR) is 68.0 cm³/mol. The third-order valence-electron chi connectivity index (χ3n) is 3.53. The number of anilines is 1. The lowest BCUT2D eigenvalue weighted by molar-refractivity contribution is 0.0622. The van der Waals surface area contributed by atoms with Gasteiger partial charge in [0.2, 0.25) is 0 Å². The molecule has 100 valence electrons. The lowest BCUT2D eigenvalue weighted by Gasteiger charge is -2.28. The van der Waals surface area contributed by atoms with Crippen LogP contribution in [0.3, 0.4) is 0 Å². The molecule has 1 saturated heterocycles. The fraction of sp³-hybridized carbons (Fsp3) is 0.692. The first kappa shape index (κ1) is 13.2. The largest absolute Gasteiger partial charge is 0.381 e. The second-order valence-electron chi connectivity index (χ2n) is 4.72. The summed E-state index contributed by atoms with van der Waals surface area (Å²) in [4.78, 5) is 7.92. The Labute approximate surface area is 107 Å². The van der Waals surface area contributed by atoms with Crippen molar-refractivity contribution in [2.24, 2.45) is 5.92 Å². The van der Waals surface area contributed by atoms with E-state index in [1.807, 2.05) is 6.92 Å². The molecule has 1 N–H and O–H groups in total. The Balaban J connectivity index is 2.04. The Bertz CT molecular complexity index is 394. The molecule has 1 aromatic rings. The molecule has 1 atom stereocenters. The summed E-state index contributed by atoms with van der Waals surface area (Å²) in [6, 6.07) is 0.197. The van der Waals surface area contributed by atoms with E-state index in [1.165, 1.54) is 6.33 Å². The van der Waals surface area contributed by atoms with E-state index in [2.05, 4.69) is 22.2 Å². The van der Waals surface area contributed by atoms with Crippen LogP contribution < -0.4 is 5.32 Å². The molecule has 1 unspecified atom stereocenters. The van der Waals surface area contributed by atoms with Crippen LogP contribution in [0, 0.1) is 11.7 Å². The van der Waals surface area contributed by atoms with Gasteiger partial charge < -0.3 is 10.1 Å². The first-order valence-corrected chi connectivity index (χ1v) is 6.56. The van der Waals surface area contributed by atoms with Gasteiger partial charge in [-0.3, -0.25) is 0 Å². The highest BCUT2D eigenvalue weighted by atomic mass is 19.1. The van der Waals surface area contributed by atoms with Gasteiger partial charge in [0, 0.05) is 19.3 Å². The van der Waals surface area contributed by atoms with Gasteiger partial charge in [0.15, 0.2) is 11.6 Å². The molecule has 2 heterocycles. The maximum absolute atomic E-state index is 14.0. The minimum atomic E-state index is -0.320. The van der Waals surface area contributed by atoms with Crippen molar-refractivity contribution in [2.75, 3.05) is 18.5 Å². The van der Waals surface area contributed by atoms with Crippen LogP contribution in [0.2, 0.25) is 0 Å². The molecule has 2 rings (SSSR count). The molecular formula is C13H20FN3O. The van der Waals surface area contributed by atoms with Crippen LogP contribution in [0.5, 0.6) is 0 Å². The van der Waals surface area contributed by atoms with Crippen LogP contribution in [0.25, 0.3) is 0 Å². The topological polar surface area (TPSA) is 47.0 Å². The van der Waals surface area contributed by atoms with E-state index < -0.39 is 0 Å². The second kappa shape index (κ2) is 6.09. The molecule has 4 nitrogen and oxygen atoms in total. The first-order valence-electron chi connectivity index (χ1n) is 6.56. The van der Waals surface area contributed by atoms with E-state index in [-0.39, 0.29) is 11.9 Å². The standard InChI is InChI=1S/C13H20FN3O/c1-3-11-12(14)13(16-8-15-11)17-9(2)10-4-6-18-7-5-10/h8-10H,3-7H2,1-2H3,(H,15,16,17). The van der Waals surface area contributed by atoms with E-state index in [1.54, 1.807) is 0 Å². The highest BCUT2D eigenvalue weighted by molar-refractivity contribution is 5.38. The second-order valence-corrected chi connectivity index (χ2v) is 4.72. The zero-order valence-corrected chi connectivity index (χ0v) is 10.9. The van der Waals surface area contributed by atoms with E-state index in [4.69, 9.17) is 4.74 Å². The van der Waals surface area contributed by atoms with Gasteiger partial charge >= 0.3 is 0 Å². The summed E-state index contributed by atoms with van der Waals surface area (Å²) >= 11 is 0. The van der Waals surface area contributed by atoms with Crippen LogP contribution in [-0.4, -0.2) is 29.2 Å². The molecule has 5 heteroatoms. The molecule has 0 saturated carbocycles. The fourth-order valence-electron chi connectivity index (χ4n) is 2.30. The molecule has 0 spiro atoms. The van der Waals surface area contributed by atoms with Gasteiger partial charge in [0.25, 0.3) is 0 Å². The van der Waals surface area contributed by atoms with E-state index in [0.29, 0.717) is 23.9 Å². The molecule has 0 aliphatic carbocycles. The van der Waals surface area contributed by atoms with Gasteiger partial charge in [-0.25, -0.2) is 14.4 Å². The number of nitrogens with zero attached hydrogens (tertiary/aromatic N) is 2. The summed E-state index contributed by atoms with van der Waals surface area (Å²) in [6.45, 7) is 5.55. The minimum Gasteiger partial charge on any atom is -0.381 e. The SMILES string of the molecule is CCc1ncnc(NC(C)C2CCOCC2)c1F. The number of halogens is 1. The molecule has 0 aromatic carbocycles. The Morgan fingerprint density at radius 3 is 2.83 bits per heavy atom. The molecule has 0 bridgehead atoms. The summed E-state index contributed by atoms with van der Waals surface area (Å²) in [7, 11) is 0. The van der Waals surface area contributed by atoms with Crippen molar-refractivity contribution in [3.8, 4) is 0 Å². The maximum atomic E-state index is 14.0. The zero-order valence-electron chi connectivity index (χ0n) is 10.9. The van der Waals surface area contributed by atoms with Gasteiger partial charge in [0.05, 0.1) is 5.69 Å². The normalized spacial score (nSPS) is 18.6. The van der Waals surface area contributed by atoms with E-state index >= 15 is 0 Å². The number of hydrogen-bond acceptors (Lipinski definition) is 4. The predicted octanol–water partition coefficient (Wildman–Crippen LogP) is 2.41. The highest BCUT2D eigenvalue weighted by Gasteiger charge is 2.22. The number of ether oxygens (including phenoxy) is 1. The van der Waals surface area contributed by atoms with Crippen LogP contribution >= 0.6 is 0 Å². The van der Waals surface area contributed by atoms with Crippen molar-refractivity contribution in [3.05, 3.63) is 17.8 Å². The minimum absolute atomic E-state index is 0.197. The molecule has 1 fully saturated rings. The van der Waals surface area contributed by atoms with E-state index in [0.717, 1.165) is 26.1 Å². The molecule has 1 aliphatic heterocycles. The average Bonchev–Trinajstić information content (AvgIpc) is 2.42. The first-order chi connectivity index (χ1) is 8.72. The molecule has 0 radical (unpaired) electrons. The average molecular weight is 253 g/mol. The number of hydrogen-bond donors (Lipinski definition) is 1. The quantitative estimate of drug-likeness (QED) is 0.895. The van der Waals surface area contributed by atoms with Crippen LogP contribution in [0.1, 0.15) is 32.4 Å². The summed E-state index contributed by atoms with van der Waals surface area (Å²) in [5.74, 6) is 0.512. The Hall–Kier alpha value is -1.23. The van der Waals surface area contributed by atoms with Crippen molar-refractivity contribution in [3.63, 3.8) is 0 Å².